The zero-order chi connectivity index (χ0) is 10.5. The van der Waals surface area contributed by atoms with E-state index in [1.165, 1.54) is 23.1 Å². The predicted octanol–water partition coefficient (Wildman–Crippen LogP) is 0.387. The Morgan fingerprint density at radius 1 is 1.67 bits per heavy atom. The molecule has 78 valence electrons. The Balaban J connectivity index is 1.78. The van der Waals surface area contributed by atoms with Gasteiger partial charge in [-0.15, -0.1) is 21.5 Å². The van der Waals surface area contributed by atoms with Gasteiger partial charge in [-0.2, -0.15) is 5.21 Å². The van der Waals surface area contributed by atoms with Gasteiger partial charge >= 0.3 is 0 Å². The topological polar surface area (TPSA) is 96.5 Å². The van der Waals surface area contributed by atoms with E-state index < -0.39 is 0 Å². The molecule has 2 aromatic rings. The summed E-state index contributed by atoms with van der Waals surface area (Å²) in [5, 5.41) is 18.6. The summed E-state index contributed by atoms with van der Waals surface area (Å²) in [7, 11) is 0. The van der Waals surface area contributed by atoms with Crippen molar-refractivity contribution in [1.29, 1.82) is 0 Å². The van der Waals surface area contributed by atoms with Crippen LogP contribution in [-0.2, 0) is 4.79 Å². The molecule has 0 aliphatic carbocycles. The van der Waals surface area contributed by atoms with Crippen LogP contribution in [0.2, 0.25) is 0 Å². The number of carbonyl (C=O) groups is 1. The number of aromatic amines is 1. The second kappa shape index (κ2) is 4.84. The summed E-state index contributed by atoms with van der Waals surface area (Å²) in [5.41, 5.74) is 0. The lowest BCUT2D eigenvalue weighted by Crippen LogP contribution is -2.13. The smallest absolute Gasteiger partial charge is 0.236 e. The highest BCUT2D eigenvalue weighted by molar-refractivity contribution is 7.99. The highest BCUT2D eigenvalue weighted by Crippen LogP contribution is 2.13. The van der Waals surface area contributed by atoms with E-state index in [1.807, 2.05) is 0 Å². The van der Waals surface area contributed by atoms with Crippen LogP contribution in [0.3, 0.4) is 0 Å². The summed E-state index contributed by atoms with van der Waals surface area (Å²) in [4.78, 5) is 15.3. The monoisotopic (exact) mass is 242 g/mol. The van der Waals surface area contributed by atoms with Gasteiger partial charge < -0.3 is 5.32 Å². The summed E-state index contributed by atoms with van der Waals surface area (Å²) in [6.07, 6.45) is 1.63. The second-order valence-corrected chi connectivity index (χ2v) is 4.21. The molecule has 2 rings (SSSR count). The number of tetrazole rings is 1. The van der Waals surface area contributed by atoms with Gasteiger partial charge in [0.25, 0.3) is 0 Å². The van der Waals surface area contributed by atoms with Crippen molar-refractivity contribution in [3.63, 3.8) is 0 Å². The summed E-state index contributed by atoms with van der Waals surface area (Å²) >= 11 is 2.58. The van der Waals surface area contributed by atoms with Crippen LogP contribution in [0.5, 0.6) is 0 Å². The van der Waals surface area contributed by atoms with Crippen molar-refractivity contribution in [1.82, 2.24) is 25.6 Å². The van der Waals surface area contributed by atoms with Crippen molar-refractivity contribution in [2.75, 3.05) is 11.1 Å². The third kappa shape index (κ3) is 2.99. The lowest BCUT2D eigenvalue weighted by molar-refractivity contribution is -0.113. The highest BCUT2D eigenvalue weighted by Gasteiger charge is 2.06. The molecule has 0 fully saturated rings. The molecule has 0 aliphatic heterocycles. The van der Waals surface area contributed by atoms with E-state index in [0.717, 1.165) is 0 Å². The first-order valence-corrected chi connectivity index (χ1v) is 5.77. The summed E-state index contributed by atoms with van der Waals surface area (Å²) < 4.78 is 0. The van der Waals surface area contributed by atoms with E-state index in [-0.39, 0.29) is 11.7 Å². The number of anilines is 1. The molecule has 0 aromatic carbocycles. The Morgan fingerprint density at radius 3 is 3.27 bits per heavy atom. The molecular formula is C6H6N6OS2. The Kier molecular flexibility index (Phi) is 3.25. The van der Waals surface area contributed by atoms with Gasteiger partial charge in [-0.1, -0.05) is 11.8 Å². The number of H-pyrrole nitrogens is 1. The van der Waals surface area contributed by atoms with Gasteiger partial charge in [0.1, 0.15) is 0 Å². The zero-order valence-electron chi connectivity index (χ0n) is 7.38. The maximum atomic E-state index is 11.4. The van der Waals surface area contributed by atoms with Gasteiger partial charge in [-0.3, -0.25) is 4.79 Å². The quantitative estimate of drug-likeness (QED) is 0.753. The number of rotatable bonds is 4. The minimum atomic E-state index is -0.139. The van der Waals surface area contributed by atoms with Gasteiger partial charge in [-0.05, 0) is 5.21 Å². The van der Waals surface area contributed by atoms with Gasteiger partial charge in [0.15, 0.2) is 5.13 Å². The van der Waals surface area contributed by atoms with Crippen molar-refractivity contribution in [2.45, 2.75) is 5.16 Å². The van der Waals surface area contributed by atoms with Crippen molar-refractivity contribution < 1.29 is 4.79 Å². The number of nitrogens with one attached hydrogen (secondary N) is 2. The molecule has 2 N–H and O–H groups in total. The molecule has 0 saturated carbocycles. The maximum Gasteiger partial charge on any atom is 0.236 e. The number of aromatic nitrogens is 5. The van der Waals surface area contributed by atoms with Crippen LogP contribution in [0.1, 0.15) is 0 Å². The molecule has 0 unspecified atom stereocenters. The van der Waals surface area contributed by atoms with Crippen molar-refractivity contribution in [3.8, 4) is 0 Å². The third-order valence-electron chi connectivity index (χ3n) is 1.34. The van der Waals surface area contributed by atoms with Crippen LogP contribution in [-0.4, -0.2) is 37.3 Å². The Labute approximate surface area is 92.7 Å². The molecule has 0 spiro atoms. The van der Waals surface area contributed by atoms with Gasteiger partial charge in [0.2, 0.25) is 11.1 Å². The number of thiazole rings is 1. The van der Waals surface area contributed by atoms with Gasteiger partial charge in [-0.25, -0.2) is 4.98 Å². The summed E-state index contributed by atoms with van der Waals surface area (Å²) in [6.45, 7) is 0. The molecule has 0 saturated heterocycles. The number of hydrogen-bond acceptors (Lipinski definition) is 7. The summed E-state index contributed by atoms with van der Waals surface area (Å²) in [6, 6.07) is 0. The Morgan fingerprint density at radius 2 is 2.60 bits per heavy atom. The predicted molar refractivity (Wildman–Crippen MR) is 55.6 cm³/mol. The standard InChI is InChI=1S/C6H6N6OS2/c13-4(8-5-7-1-2-14-5)3-15-6-9-11-12-10-6/h1-2H,3H2,(H,7,8,13)(H,9,10,11,12). The number of hydrogen-bond donors (Lipinski definition) is 2. The number of amides is 1. The lowest BCUT2D eigenvalue weighted by atomic mass is 10.7. The van der Waals surface area contributed by atoms with E-state index in [2.05, 4.69) is 30.9 Å². The van der Waals surface area contributed by atoms with E-state index in [4.69, 9.17) is 0 Å². The molecule has 0 bridgehead atoms. The summed E-state index contributed by atoms with van der Waals surface area (Å²) in [5.74, 6) is 0.0961. The first kappa shape index (κ1) is 10.1. The SMILES string of the molecule is O=C(CSc1nn[nH]n1)Nc1nccs1. The molecule has 0 aliphatic rings. The van der Waals surface area contributed by atoms with Crippen LogP contribution >= 0.6 is 23.1 Å². The molecule has 7 nitrogen and oxygen atoms in total. The number of carbonyl (C=O) groups excluding carboxylic acids is 1. The molecule has 15 heavy (non-hydrogen) atoms. The van der Waals surface area contributed by atoms with E-state index in [0.29, 0.717) is 10.3 Å². The maximum absolute atomic E-state index is 11.4. The van der Waals surface area contributed by atoms with Crippen LogP contribution in [0.4, 0.5) is 5.13 Å². The van der Waals surface area contributed by atoms with Crippen molar-refractivity contribution in [3.05, 3.63) is 11.6 Å². The van der Waals surface area contributed by atoms with Crippen molar-refractivity contribution >= 4 is 34.1 Å². The largest absolute Gasteiger partial charge is 0.301 e. The molecule has 9 heteroatoms. The molecule has 0 atom stereocenters. The second-order valence-electron chi connectivity index (χ2n) is 2.37. The van der Waals surface area contributed by atoms with E-state index in [1.54, 1.807) is 11.6 Å². The van der Waals surface area contributed by atoms with Gasteiger partial charge in [0, 0.05) is 11.6 Å². The fourth-order valence-corrected chi connectivity index (χ4v) is 1.87. The van der Waals surface area contributed by atoms with Crippen LogP contribution in [0.15, 0.2) is 16.7 Å². The average molecular weight is 242 g/mol. The van der Waals surface area contributed by atoms with Crippen molar-refractivity contribution in [2.24, 2.45) is 0 Å². The van der Waals surface area contributed by atoms with E-state index >= 15 is 0 Å². The normalized spacial score (nSPS) is 10.1. The highest BCUT2D eigenvalue weighted by atomic mass is 32.2. The number of thioether (sulfide) groups is 1. The average Bonchev–Trinajstić information content (AvgIpc) is 2.86. The Hall–Kier alpha value is -1.48. The van der Waals surface area contributed by atoms with Crippen LogP contribution in [0, 0.1) is 0 Å². The van der Waals surface area contributed by atoms with Crippen LogP contribution in [0.25, 0.3) is 0 Å². The zero-order valence-corrected chi connectivity index (χ0v) is 9.01. The third-order valence-corrected chi connectivity index (χ3v) is 2.86. The number of nitrogens with zero attached hydrogens (tertiary/aromatic N) is 4. The lowest BCUT2D eigenvalue weighted by Gasteiger charge is -1.98. The first-order chi connectivity index (χ1) is 7.34. The van der Waals surface area contributed by atoms with Gasteiger partial charge in [0.05, 0.1) is 5.75 Å². The molecule has 2 heterocycles. The van der Waals surface area contributed by atoms with E-state index in [9.17, 15) is 4.79 Å². The minimum Gasteiger partial charge on any atom is -0.301 e. The molecular weight excluding hydrogens is 236 g/mol. The fraction of sp³-hybridized carbons (Fsp3) is 0.167. The molecule has 1 amide bonds. The minimum absolute atomic E-state index is 0.139. The molecule has 0 radical (unpaired) electrons. The fourth-order valence-electron chi connectivity index (χ4n) is 0.784. The first-order valence-electron chi connectivity index (χ1n) is 3.90. The van der Waals surface area contributed by atoms with Crippen LogP contribution < -0.4 is 5.32 Å². The molecule has 2 aromatic heterocycles. The Bertz CT molecular complexity index is 413.